The first kappa shape index (κ1) is 28.9. The molecule has 4 nitrogen and oxygen atoms in total. The minimum atomic E-state index is -0.379. The van der Waals surface area contributed by atoms with Gasteiger partial charge in [-0.3, -0.25) is 9.59 Å². The maximum atomic E-state index is 14.4. The average Bonchev–Trinajstić information content (AvgIpc) is 3.32. The second kappa shape index (κ2) is 10.6. The number of rotatable bonds is 5. The predicted molar refractivity (Wildman–Crippen MR) is 177 cm³/mol. The zero-order chi connectivity index (χ0) is 30.8. The standard InChI is InChI=1S/C39H39ClN2O2/c1-38(2)18-31-36(33(43)20-38)35(29-24-41(30-13-9-8-12-28(29)30)22-26-14-16-27(40)17-15-26)37-32(19-39(3,4)21-34(37)44)42(31)23-25-10-6-5-7-11-25/h5-17,24,35H,18-23H2,1-4H3. The molecule has 0 saturated heterocycles. The molecule has 5 heteroatoms. The molecule has 7 rings (SSSR count). The Hall–Kier alpha value is -3.89. The molecule has 0 fully saturated rings. The van der Waals surface area contributed by atoms with Gasteiger partial charge in [0.15, 0.2) is 11.6 Å². The van der Waals surface area contributed by atoms with E-state index in [0.717, 1.165) is 57.4 Å². The van der Waals surface area contributed by atoms with Gasteiger partial charge in [0.1, 0.15) is 0 Å². The lowest BCUT2D eigenvalue weighted by Gasteiger charge is -2.49. The number of hydrogen-bond donors (Lipinski definition) is 0. The lowest BCUT2D eigenvalue weighted by atomic mass is 9.63. The number of aromatic nitrogens is 1. The minimum Gasteiger partial charge on any atom is -0.343 e. The highest BCUT2D eigenvalue weighted by Gasteiger charge is 2.49. The fraction of sp³-hybridized carbons (Fsp3) is 0.333. The largest absolute Gasteiger partial charge is 0.343 e. The number of ketones is 2. The molecule has 0 unspecified atom stereocenters. The van der Waals surface area contributed by atoms with Crippen LogP contribution in [-0.4, -0.2) is 21.0 Å². The number of para-hydroxylation sites is 1. The molecule has 44 heavy (non-hydrogen) atoms. The Morgan fingerprint density at radius 3 is 1.84 bits per heavy atom. The maximum absolute atomic E-state index is 14.4. The average molecular weight is 603 g/mol. The summed E-state index contributed by atoms with van der Waals surface area (Å²) in [7, 11) is 0. The summed E-state index contributed by atoms with van der Waals surface area (Å²) in [6.07, 6.45) is 4.75. The number of carbonyl (C=O) groups excluding carboxylic acids is 2. The SMILES string of the molecule is CC1(C)CC(=O)C2=C(C1)N(Cc1ccccc1)C1=C(C(=O)CC(C)(C)C1)C2c1cn(Cc2ccc(Cl)cc2)c2ccccc12. The lowest BCUT2D eigenvalue weighted by molar-refractivity contribution is -0.119. The van der Waals surface area contributed by atoms with Crippen LogP contribution in [0.1, 0.15) is 76.0 Å². The van der Waals surface area contributed by atoms with Crippen molar-refractivity contribution in [2.45, 2.75) is 72.4 Å². The van der Waals surface area contributed by atoms with Crippen LogP contribution in [0, 0.1) is 10.8 Å². The van der Waals surface area contributed by atoms with Crippen LogP contribution in [0.3, 0.4) is 0 Å². The second-order valence-corrected chi connectivity index (χ2v) is 14.9. The van der Waals surface area contributed by atoms with Crippen molar-refractivity contribution in [2.24, 2.45) is 10.8 Å². The number of Topliss-reactive ketones (excluding diaryl/α,β-unsaturated/α-hetero) is 2. The summed E-state index contributed by atoms with van der Waals surface area (Å²) < 4.78 is 2.26. The maximum Gasteiger partial charge on any atom is 0.162 e. The molecule has 3 aromatic carbocycles. The third kappa shape index (κ3) is 5.13. The molecule has 4 aromatic rings. The Morgan fingerprint density at radius 2 is 1.23 bits per heavy atom. The number of nitrogens with zero attached hydrogens (tertiary/aromatic N) is 2. The zero-order valence-corrected chi connectivity index (χ0v) is 26.7. The Labute approximate surface area is 265 Å². The number of fused-ring (bicyclic) bond motifs is 1. The van der Waals surface area contributed by atoms with E-state index >= 15 is 0 Å². The molecule has 0 amide bonds. The summed E-state index contributed by atoms with van der Waals surface area (Å²) in [6.45, 7) is 10.1. The molecule has 0 N–H and O–H groups in total. The van der Waals surface area contributed by atoms with E-state index in [9.17, 15) is 9.59 Å². The van der Waals surface area contributed by atoms with E-state index in [4.69, 9.17) is 11.6 Å². The number of carbonyl (C=O) groups is 2. The van der Waals surface area contributed by atoms with Gasteiger partial charge in [0.25, 0.3) is 0 Å². The molecule has 0 radical (unpaired) electrons. The molecule has 0 bridgehead atoms. The van der Waals surface area contributed by atoms with Crippen molar-refractivity contribution in [2.75, 3.05) is 0 Å². The molecule has 1 aromatic heterocycles. The Balaban J connectivity index is 1.46. The van der Waals surface area contributed by atoms with E-state index in [1.807, 2.05) is 18.2 Å². The highest BCUT2D eigenvalue weighted by molar-refractivity contribution is 6.30. The summed E-state index contributed by atoms with van der Waals surface area (Å²) in [5.41, 5.74) is 7.98. The molecule has 2 heterocycles. The van der Waals surface area contributed by atoms with Crippen LogP contribution < -0.4 is 0 Å². The third-order valence-electron chi connectivity index (χ3n) is 9.60. The van der Waals surface area contributed by atoms with Crippen molar-refractivity contribution in [3.8, 4) is 0 Å². The third-order valence-corrected chi connectivity index (χ3v) is 9.85. The van der Waals surface area contributed by atoms with Crippen LogP contribution in [0.5, 0.6) is 0 Å². The molecular formula is C39H39ClN2O2. The molecular weight excluding hydrogens is 564 g/mol. The van der Waals surface area contributed by atoms with Gasteiger partial charge < -0.3 is 9.47 Å². The monoisotopic (exact) mass is 602 g/mol. The minimum absolute atomic E-state index is 0.162. The molecule has 1 aliphatic heterocycles. The van der Waals surface area contributed by atoms with Gasteiger partial charge >= 0.3 is 0 Å². The highest BCUT2D eigenvalue weighted by atomic mass is 35.5. The number of benzene rings is 3. The van der Waals surface area contributed by atoms with Crippen LogP contribution in [0.2, 0.25) is 5.02 Å². The van der Waals surface area contributed by atoms with Crippen molar-refractivity contribution in [1.82, 2.24) is 9.47 Å². The van der Waals surface area contributed by atoms with E-state index in [1.54, 1.807) is 0 Å². The van der Waals surface area contributed by atoms with Gasteiger partial charge in [-0.2, -0.15) is 0 Å². The summed E-state index contributed by atoms with van der Waals surface area (Å²) in [5.74, 6) is -0.0494. The predicted octanol–water partition coefficient (Wildman–Crippen LogP) is 9.23. The molecule has 0 atom stereocenters. The smallest absolute Gasteiger partial charge is 0.162 e. The van der Waals surface area contributed by atoms with E-state index < -0.39 is 0 Å². The van der Waals surface area contributed by atoms with E-state index in [0.29, 0.717) is 31.0 Å². The van der Waals surface area contributed by atoms with E-state index in [-0.39, 0.29) is 28.3 Å². The number of halogens is 1. The van der Waals surface area contributed by atoms with E-state index in [1.165, 1.54) is 5.56 Å². The van der Waals surface area contributed by atoms with Crippen molar-refractivity contribution < 1.29 is 9.59 Å². The quantitative estimate of drug-likeness (QED) is 0.229. The van der Waals surface area contributed by atoms with Gasteiger partial charge in [0.05, 0.1) is 0 Å². The highest BCUT2D eigenvalue weighted by Crippen LogP contribution is 2.55. The second-order valence-electron chi connectivity index (χ2n) is 14.5. The fourth-order valence-electron chi connectivity index (χ4n) is 7.74. The van der Waals surface area contributed by atoms with Crippen LogP contribution in [0.4, 0.5) is 0 Å². The first-order chi connectivity index (χ1) is 21.0. The molecule has 0 saturated carbocycles. The number of hydrogen-bond acceptors (Lipinski definition) is 3. The van der Waals surface area contributed by atoms with Crippen molar-refractivity contribution >= 4 is 34.1 Å². The van der Waals surface area contributed by atoms with Crippen molar-refractivity contribution in [1.29, 1.82) is 0 Å². The summed E-state index contributed by atoms with van der Waals surface area (Å²) >= 11 is 6.19. The normalized spacial score (nSPS) is 19.9. The summed E-state index contributed by atoms with van der Waals surface area (Å²) in [4.78, 5) is 31.1. The first-order valence-electron chi connectivity index (χ1n) is 15.7. The fourth-order valence-corrected chi connectivity index (χ4v) is 7.86. The van der Waals surface area contributed by atoms with Crippen LogP contribution >= 0.6 is 11.6 Å². The Morgan fingerprint density at radius 1 is 0.682 bits per heavy atom. The summed E-state index contributed by atoms with van der Waals surface area (Å²) in [6, 6.07) is 26.8. The van der Waals surface area contributed by atoms with Gasteiger partial charge in [0, 0.05) is 76.5 Å². The Kier molecular flexibility index (Phi) is 6.97. The van der Waals surface area contributed by atoms with Gasteiger partial charge in [0.2, 0.25) is 0 Å². The van der Waals surface area contributed by atoms with Crippen LogP contribution in [0.25, 0.3) is 10.9 Å². The Bertz CT molecular complexity index is 1800. The molecule has 0 spiro atoms. The summed E-state index contributed by atoms with van der Waals surface area (Å²) in [5, 5.41) is 1.81. The van der Waals surface area contributed by atoms with Crippen molar-refractivity contribution in [3.05, 3.63) is 129 Å². The van der Waals surface area contributed by atoms with Crippen LogP contribution in [-0.2, 0) is 22.7 Å². The molecule has 2 aliphatic carbocycles. The van der Waals surface area contributed by atoms with Crippen LogP contribution in [0.15, 0.2) is 108 Å². The first-order valence-corrected chi connectivity index (χ1v) is 16.0. The van der Waals surface area contributed by atoms with Gasteiger partial charge in [-0.05, 0) is 58.6 Å². The van der Waals surface area contributed by atoms with Gasteiger partial charge in [-0.1, -0.05) is 100.0 Å². The van der Waals surface area contributed by atoms with Gasteiger partial charge in [-0.15, -0.1) is 0 Å². The molecule has 224 valence electrons. The van der Waals surface area contributed by atoms with E-state index in [2.05, 4.69) is 104 Å². The topological polar surface area (TPSA) is 42.3 Å². The van der Waals surface area contributed by atoms with Gasteiger partial charge in [-0.25, -0.2) is 0 Å². The number of allylic oxidation sites excluding steroid dienone is 4. The zero-order valence-electron chi connectivity index (χ0n) is 26.0. The molecule has 3 aliphatic rings. The van der Waals surface area contributed by atoms with Crippen molar-refractivity contribution in [3.63, 3.8) is 0 Å². The lowest BCUT2D eigenvalue weighted by Crippen LogP contribution is -2.44.